The van der Waals surface area contributed by atoms with Crippen LogP contribution in [0.2, 0.25) is 0 Å². The van der Waals surface area contributed by atoms with Crippen LogP contribution in [0.1, 0.15) is 170 Å². The first kappa shape index (κ1) is 56.9. The molecule has 0 bridgehead atoms. The minimum Gasteiger partial charge on any atom is -0.473 e. The minimum atomic E-state index is -0.420. The first-order chi connectivity index (χ1) is 39.3. The van der Waals surface area contributed by atoms with Crippen molar-refractivity contribution in [2.75, 3.05) is 65.8 Å². The van der Waals surface area contributed by atoms with E-state index >= 15 is 0 Å². The molecule has 434 valence electrons. The van der Waals surface area contributed by atoms with Crippen LogP contribution in [0.15, 0.2) is 60.7 Å². The summed E-state index contributed by atoms with van der Waals surface area (Å²) in [5, 5.41) is 15.2. The second-order valence-corrected chi connectivity index (χ2v) is 24.3. The molecule has 2 aromatic carbocycles. The molecule has 1 N–H and O–H groups in total. The Morgan fingerprint density at radius 1 is 0.617 bits per heavy atom. The molecule has 17 nitrogen and oxygen atoms in total. The lowest BCUT2D eigenvalue weighted by Crippen LogP contribution is -2.70. The quantitative estimate of drug-likeness (QED) is 0.0908. The molecule has 0 amide bonds. The predicted molar refractivity (Wildman–Crippen MR) is 313 cm³/mol. The Morgan fingerprint density at radius 2 is 1.06 bits per heavy atom. The van der Waals surface area contributed by atoms with Crippen molar-refractivity contribution in [1.82, 2.24) is 44.6 Å². The maximum Gasteiger partial charge on any atom is 0.357 e. The fraction of sp³-hybridized carbons (Fsp3) is 0.594. The molecular weight excluding hydrogens is 1020 g/mol. The van der Waals surface area contributed by atoms with E-state index in [2.05, 4.69) is 70.6 Å². The molecule has 0 radical (unpaired) electrons. The van der Waals surface area contributed by atoms with Gasteiger partial charge in [-0.25, -0.2) is 28.9 Å². The smallest absolute Gasteiger partial charge is 0.357 e. The predicted octanol–water partition coefficient (Wildman–Crippen LogP) is 11.3. The number of hydrogen-bond acceptors (Lipinski definition) is 15. The van der Waals surface area contributed by atoms with Gasteiger partial charge in [-0.2, -0.15) is 0 Å². The Balaban J connectivity index is 0.000000170. The van der Waals surface area contributed by atoms with Gasteiger partial charge in [0.15, 0.2) is 22.7 Å². The molecule has 6 aromatic rings. The largest absolute Gasteiger partial charge is 0.473 e. The Bertz CT molecular complexity index is 3130. The number of fused-ring (bicyclic) bond motifs is 2. The van der Waals surface area contributed by atoms with E-state index < -0.39 is 11.9 Å². The highest BCUT2D eigenvalue weighted by atomic mass is 16.5. The molecule has 17 heteroatoms. The van der Waals surface area contributed by atoms with Gasteiger partial charge in [0.2, 0.25) is 11.8 Å². The summed E-state index contributed by atoms with van der Waals surface area (Å²) in [6, 6.07) is 21.6. The SMILES string of the molecule is CCOC(=O)c1cc(-c2ccc(CN3CCC(C)CC34COC4)cc2)c2c(OC(C)C)nn(C3CCCCC3)c2n1.CCOC(=O)c1cc(-c2ccc(CN3CCNCC34COC4)cc2)c2c(OC(C)C)nn(C3CCCCC3)c2n1. The number of ether oxygens (including phenoxy) is 6. The molecule has 4 saturated heterocycles. The second-order valence-electron chi connectivity index (χ2n) is 24.3. The third-order valence-electron chi connectivity index (χ3n) is 17.5. The molecule has 12 rings (SSSR count). The normalized spacial score (nSPS) is 20.5. The molecule has 4 aromatic heterocycles. The summed E-state index contributed by atoms with van der Waals surface area (Å²) in [7, 11) is 0. The Kier molecular flexibility index (Phi) is 17.4. The molecule has 4 aliphatic heterocycles. The monoisotopic (exact) mass is 1110 g/mol. The van der Waals surface area contributed by atoms with Crippen LogP contribution in [0.25, 0.3) is 44.3 Å². The van der Waals surface area contributed by atoms with Gasteiger partial charge in [-0.15, -0.1) is 10.2 Å². The number of nitrogens with zero attached hydrogens (tertiary/aromatic N) is 8. The highest BCUT2D eigenvalue weighted by Gasteiger charge is 2.47. The summed E-state index contributed by atoms with van der Waals surface area (Å²) < 4.78 is 38.6. The van der Waals surface area contributed by atoms with Crippen molar-refractivity contribution in [2.45, 2.75) is 174 Å². The maximum absolute atomic E-state index is 13.0. The van der Waals surface area contributed by atoms with Gasteiger partial charge in [0.05, 0.1) is 85.8 Å². The van der Waals surface area contributed by atoms with Crippen molar-refractivity contribution < 1.29 is 38.0 Å². The third kappa shape index (κ3) is 12.1. The number of esters is 2. The van der Waals surface area contributed by atoms with Crippen molar-refractivity contribution in [3.8, 4) is 34.0 Å². The molecule has 2 aliphatic carbocycles. The molecule has 2 saturated carbocycles. The van der Waals surface area contributed by atoms with Crippen LogP contribution in [-0.2, 0) is 32.0 Å². The van der Waals surface area contributed by atoms with Gasteiger partial charge >= 0.3 is 11.9 Å². The summed E-state index contributed by atoms with van der Waals surface area (Å²) in [5.41, 5.74) is 8.64. The van der Waals surface area contributed by atoms with E-state index in [1.807, 2.05) is 63.0 Å². The lowest BCUT2D eigenvalue weighted by molar-refractivity contribution is -0.167. The summed E-state index contributed by atoms with van der Waals surface area (Å²) >= 11 is 0. The standard InChI is InChI=1S/C33H44N4O4.C31H41N5O4/c1-5-40-32(38)28-17-27(29-30(34-28)37(26-9-7-6-8-10-26)35-31(29)41-22(2)3)25-13-11-24(12-14-25)19-36-16-15-23(4)18-33(36)20-39-21-33;1-4-39-30(37)26-16-25(23-12-10-22(11-13-23)17-35-15-14-32-18-31(35)19-38-20-31)27-28(33-26)36(24-8-6-5-7-9-24)34-29(27)40-21(2)3/h11-14,17,22-23,26H,5-10,15-16,18-21H2,1-4H3;10-13,16,21,24,32H,4-9,14-15,17-20H2,1-3H3. The van der Waals surface area contributed by atoms with E-state index in [1.165, 1.54) is 62.5 Å². The zero-order valence-electron chi connectivity index (χ0n) is 49.0. The Morgan fingerprint density at radius 3 is 1.47 bits per heavy atom. The van der Waals surface area contributed by atoms with E-state index in [4.69, 9.17) is 48.6 Å². The number of likely N-dealkylation sites (tertiary alicyclic amines) is 1. The highest BCUT2D eigenvalue weighted by Crippen LogP contribution is 2.43. The molecule has 6 aliphatic rings. The van der Waals surface area contributed by atoms with Crippen LogP contribution >= 0.6 is 0 Å². The van der Waals surface area contributed by atoms with Gasteiger partial charge in [-0.3, -0.25) is 9.80 Å². The molecule has 2 spiro atoms. The molecule has 8 heterocycles. The van der Waals surface area contributed by atoms with Crippen LogP contribution in [0.5, 0.6) is 11.8 Å². The molecule has 6 fully saturated rings. The molecule has 81 heavy (non-hydrogen) atoms. The van der Waals surface area contributed by atoms with Gasteiger partial charge < -0.3 is 33.7 Å². The number of benzene rings is 2. The van der Waals surface area contributed by atoms with Crippen LogP contribution in [0, 0.1) is 5.92 Å². The molecule has 1 atom stereocenters. The van der Waals surface area contributed by atoms with Crippen molar-refractivity contribution in [3.05, 3.63) is 83.2 Å². The summed E-state index contributed by atoms with van der Waals surface area (Å²) in [6.07, 6.45) is 13.7. The molecule has 1 unspecified atom stereocenters. The fourth-order valence-electron chi connectivity index (χ4n) is 13.2. The number of aromatic nitrogens is 6. The van der Waals surface area contributed by atoms with Gasteiger partial charge in [0.1, 0.15) is 0 Å². The number of hydrogen-bond donors (Lipinski definition) is 1. The third-order valence-corrected chi connectivity index (χ3v) is 17.5. The van der Waals surface area contributed by atoms with E-state index in [0.29, 0.717) is 47.7 Å². The lowest BCUT2D eigenvalue weighted by Gasteiger charge is -2.54. The van der Waals surface area contributed by atoms with Crippen molar-refractivity contribution in [2.24, 2.45) is 5.92 Å². The first-order valence-corrected chi connectivity index (χ1v) is 30.4. The Hall–Kier alpha value is -5.98. The average Bonchev–Trinajstić information content (AvgIpc) is 4.12. The zero-order chi connectivity index (χ0) is 56.3. The maximum atomic E-state index is 13.0. The van der Waals surface area contributed by atoms with Crippen LogP contribution in [-0.4, -0.2) is 140 Å². The average molecular weight is 1110 g/mol. The number of piperidine rings is 1. The van der Waals surface area contributed by atoms with Gasteiger partial charge in [-0.1, -0.05) is 94.0 Å². The fourth-order valence-corrected chi connectivity index (χ4v) is 13.2. The summed E-state index contributed by atoms with van der Waals surface area (Å²) in [5.74, 6) is 1.07. The van der Waals surface area contributed by atoms with Gasteiger partial charge in [-0.05, 0) is 127 Å². The van der Waals surface area contributed by atoms with Crippen LogP contribution in [0.4, 0.5) is 0 Å². The number of carbonyl (C=O) groups excluding carboxylic acids is 2. The highest BCUT2D eigenvalue weighted by molar-refractivity contribution is 6.02. The number of pyridine rings is 2. The van der Waals surface area contributed by atoms with Gasteiger partial charge in [0, 0.05) is 43.9 Å². The van der Waals surface area contributed by atoms with Crippen molar-refractivity contribution in [3.63, 3.8) is 0 Å². The van der Waals surface area contributed by atoms with E-state index in [9.17, 15) is 9.59 Å². The Labute approximate surface area is 477 Å². The second kappa shape index (κ2) is 24.9. The summed E-state index contributed by atoms with van der Waals surface area (Å²) in [6.45, 7) is 23.8. The number of nitrogens with one attached hydrogen (secondary N) is 1. The van der Waals surface area contributed by atoms with Gasteiger partial charge in [0.25, 0.3) is 0 Å². The number of piperazine rings is 1. The topological polar surface area (TPSA) is 169 Å². The lowest BCUT2D eigenvalue weighted by atomic mass is 9.79. The minimum absolute atomic E-state index is 0.0390. The first-order valence-electron chi connectivity index (χ1n) is 30.4. The van der Waals surface area contributed by atoms with E-state index in [-0.39, 0.29) is 35.4 Å². The van der Waals surface area contributed by atoms with E-state index in [0.717, 1.165) is 130 Å². The van der Waals surface area contributed by atoms with Crippen molar-refractivity contribution in [1.29, 1.82) is 0 Å². The van der Waals surface area contributed by atoms with Crippen LogP contribution < -0.4 is 14.8 Å². The molecular formula is C64H85N9O8. The summed E-state index contributed by atoms with van der Waals surface area (Å²) in [4.78, 5) is 40.8. The number of rotatable bonds is 16. The zero-order valence-corrected chi connectivity index (χ0v) is 49.0. The van der Waals surface area contributed by atoms with Crippen LogP contribution in [0.3, 0.4) is 0 Å². The number of carbonyl (C=O) groups is 2. The van der Waals surface area contributed by atoms with E-state index in [1.54, 1.807) is 0 Å². The van der Waals surface area contributed by atoms with Crippen molar-refractivity contribution >= 4 is 34.0 Å².